The van der Waals surface area contributed by atoms with E-state index in [0.717, 1.165) is 11.4 Å². The highest BCUT2D eigenvalue weighted by atomic mass is 32.2. The minimum absolute atomic E-state index is 0.824. The van der Waals surface area contributed by atoms with Crippen LogP contribution in [-0.4, -0.2) is 0 Å². The smallest absolute Gasteiger partial charge is 0.0314 e. The normalized spacial score (nSPS) is 10.3. The van der Waals surface area contributed by atoms with Gasteiger partial charge >= 0.3 is 0 Å². The Hall–Kier alpha value is -1.41. The van der Waals surface area contributed by atoms with Crippen molar-refractivity contribution < 1.29 is 0 Å². The number of hydrogen-bond acceptors (Lipinski definition) is 2. The maximum Gasteiger partial charge on any atom is 0.0314 e. The topological polar surface area (TPSA) is 26.0 Å². The van der Waals surface area contributed by atoms with Crippen molar-refractivity contribution >= 4 is 17.4 Å². The van der Waals surface area contributed by atoms with Gasteiger partial charge in [0, 0.05) is 16.3 Å². The Bertz CT molecular complexity index is 462. The lowest BCUT2D eigenvalue weighted by Crippen LogP contribution is -1.86. The molecule has 0 saturated carbocycles. The fourth-order valence-corrected chi connectivity index (χ4v) is 2.48. The molecule has 82 valence electrons. The number of rotatable bonds is 3. The molecule has 0 aliphatic rings. The van der Waals surface area contributed by atoms with Gasteiger partial charge in [0.25, 0.3) is 0 Å². The summed E-state index contributed by atoms with van der Waals surface area (Å²) in [5.41, 5.74) is 9.12. The zero-order valence-electron chi connectivity index (χ0n) is 9.31. The van der Waals surface area contributed by atoms with Crippen LogP contribution in [0.2, 0.25) is 0 Å². The van der Waals surface area contributed by atoms with Gasteiger partial charge in [0.1, 0.15) is 0 Å². The van der Waals surface area contributed by atoms with Crippen molar-refractivity contribution in [3.8, 4) is 0 Å². The van der Waals surface area contributed by atoms with Crippen molar-refractivity contribution in [3.63, 3.8) is 0 Å². The lowest BCUT2D eigenvalue weighted by molar-refractivity contribution is 1.29. The van der Waals surface area contributed by atoms with E-state index in [9.17, 15) is 0 Å². The van der Waals surface area contributed by atoms with E-state index in [0.29, 0.717) is 0 Å². The molecule has 0 radical (unpaired) electrons. The molecule has 0 heterocycles. The quantitative estimate of drug-likeness (QED) is 0.638. The van der Waals surface area contributed by atoms with Gasteiger partial charge in [-0.25, -0.2) is 0 Å². The number of hydrogen-bond donors (Lipinski definition) is 1. The van der Waals surface area contributed by atoms with Crippen LogP contribution in [0, 0.1) is 6.92 Å². The molecule has 1 nitrogen and oxygen atoms in total. The first-order chi connectivity index (χ1) is 7.75. The number of anilines is 1. The van der Waals surface area contributed by atoms with Crippen LogP contribution in [0.25, 0.3) is 0 Å². The molecular weight excluding hydrogens is 214 g/mol. The predicted octanol–water partition coefficient (Wildman–Crippen LogP) is 3.87. The molecule has 0 aliphatic carbocycles. The standard InChI is InChI=1S/C14H15NS/c1-11-4-2-3-5-14(11)16-10-12-6-8-13(15)9-7-12/h2-9H,10,15H2,1H3. The van der Waals surface area contributed by atoms with Crippen LogP contribution in [0.15, 0.2) is 53.4 Å². The fraction of sp³-hybridized carbons (Fsp3) is 0.143. The first kappa shape index (κ1) is 11.1. The molecule has 0 atom stereocenters. The number of benzene rings is 2. The van der Waals surface area contributed by atoms with Gasteiger partial charge in [-0.15, -0.1) is 11.8 Å². The maximum atomic E-state index is 5.65. The van der Waals surface area contributed by atoms with Crippen LogP contribution >= 0.6 is 11.8 Å². The van der Waals surface area contributed by atoms with E-state index in [4.69, 9.17) is 5.73 Å². The van der Waals surface area contributed by atoms with Crippen molar-refractivity contribution in [3.05, 3.63) is 59.7 Å². The van der Waals surface area contributed by atoms with E-state index in [-0.39, 0.29) is 0 Å². The van der Waals surface area contributed by atoms with Gasteiger partial charge < -0.3 is 5.73 Å². The van der Waals surface area contributed by atoms with Gasteiger partial charge in [-0.3, -0.25) is 0 Å². The second-order valence-corrected chi connectivity index (χ2v) is 4.81. The van der Waals surface area contributed by atoms with Crippen LogP contribution in [-0.2, 0) is 5.75 Å². The zero-order valence-corrected chi connectivity index (χ0v) is 10.1. The summed E-state index contributed by atoms with van der Waals surface area (Å²) in [6.07, 6.45) is 0. The number of nitrogens with two attached hydrogens (primary N) is 1. The lowest BCUT2D eigenvalue weighted by Gasteiger charge is -2.05. The Morgan fingerprint density at radius 1 is 1.00 bits per heavy atom. The molecule has 2 N–H and O–H groups in total. The average molecular weight is 229 g/mol. The molecule has 0 aromatic heterocycles. The SMILES string of the molecule is Cc1ccccc1SCc1ccc(N)cc1. The maximum absolute atomic E-state index is 5.65. The minimum atomic E-state index is 0.824. The van der Waals surface area contributed by atoms with Crippen LogP contribution in [0.3, 0.4) is 0 Å². The van der Waals surface area contributed by atoms with Crippen molar-refractivity contribution in [1.82, 2.24) is 0 Å². The van der Waals surface area contributed by atoms with E-state index in [1.807, 2.05) is 23.9 Å². The molecule has 2 rings (SSSR count). The Kier molecular flexibility index (Phi) is 3.52. The summed E-state index contributed by atoms with van der Waals surface area (Å²) >= 11 is 1.87. The van der Waals surface area contributed by atoms with Crippen LogP contribution in [0.4, 0.5) is 5.69 Å². The monoisotopic (exact) mass is 229 g/mol. The van der Waals surface area contributed by atoms with Crippen molar-refractivity contribution in [2.45, 2.75) is 17.6 Å². The van der Waals surface area contributed by atoms with E-state index in [2.05, 4.69) is 43.3 Å². The third-order valence-corrected chi connectivity index (χ3v) is 3.71. The molecule has 16 heavy (non-hydrogen) atoms. The number of thioether (sulfide) groups is 1. The molecule has 0 saturated heterocycles. The molecule has 0 fully saturated rings. The summed E-state index contributed by atoms with van der Waals surface area (Å²) in [5, 5.41) is 0. The Morgan fingerprint density at radius 2 is 1.69 bits per heavy atom. The summed E-state index contributed by atoms with van der Waals surface area (Å²) in [6, 6.07) is 16.5. The highest BCUT2D eigenvalue weighted by molar-refractivity contribution is 7.98. The Balaban J connectivity index is 2.02. The summed E-state index contributed by atoms with van der Waals surface area (Å²) in [7, 11) is 0. The first-order valence-electron chi connectivity index (χ1n) is 5.28. The third kappa shape index (κ3) is 2.80. The predicted molar refractivity (Wildman–Crippen MR) is 71.6 cm³/mol. The number of aryl methyl sites for hydroxylation is 1. The molecule has 2 heteroatoms. The van der Waals surface area contributed by atoms with Crippen LogP contribution in [0.1, 0.15) is 11.1 Å². The third-order valence-electron chi connectivity index (χ3n) is 2.47. The largest absolute Gasteiger partial charge is 0.399 e. The average Bonchev–Trinajstić information content (AvgIpc) is 2.30. The molecular formula is C14H15NS. The Morgan fingerprint density at radius 3 is 2.38 bits per heavy atom. The highest BCUT2D eigenvalue weighted by Crippen LogP contribution is 2.25. The highest BCUT2D eigenvalue weighted by Gasteiger charge is 1.98. The van der Waals surface area contributed by atoms with Gasteiger partial charge in [-0.2, -0.15) is 0 Å². The molecule has 2 aromatic rings. The molecule has 0 unspecified atom stereocenters. The van der Waals surface area contributed by atoms with Crippen molar-refractivity contribution in [2.75, 3.05) is 5.73 Å². The van der Waals surface area contributed by atoms with E-state index >= 15 is 0 Å². The summed E-state index contributed by atoms with van der Waals surface area (Å²) in [6.45, 7) is 2.14. The lowest BCUT2D eigenvalue weighted by atomic mass is 10.2. The summed E-state index contributed by atoms with van der Waals surface area (Å²) < 4.78 is 0. The van der Waals surface area contributed by atoms with Gasteiger partial charge in [0.15, 0.2) is 0 Å². The van der Waals surface area contributed by atoms with E-state index in [1.165, 1.54) is 16.0 Å². The number of nitrogen functional groups attached to an aromatic ring is 1. The van der Waals surface area contributed by atoms with E-state index in [1.54, 1.807) is 0 Å². The summed E-state index contributed by atoms with van der Waals surface area (Å²) in [5.74, 6) is 0.991. The Labute approximate surface area is 101 Å². The van der Waals surface area contributed by atoms with Gasteiger partial charge in [0.05, 0.1) is 0 Å². The van der Waals surface area contributed by atoms with Gasteiger partial charge in [-0.1, -0.05) is 30.3 Å². The van der Waals surface area contributed by atoms with Crippen molar-refractivity contribution in [2.24, 2.45) is 0 Å². The summed E-state index contributed by atoms with van der Waals surface area (Å²) in [4.78, 5) is 1.35. The minimum Gasteiger partial charge on any atom is -0.399 e. The van der Waals surface area contributed by atoms with E-state index < -0.39 is 0 Å². The molecule has 0 amide bonds. The van der Waals surface area contributed by atoms with Gasteiger partial charge in [-0.05, 0) is 36.2 Å². The molecule has 0 spiro atoms. The van der Waals surface area contributed by atoms with Crippen molar-refractivity contribution in [1.29, 1.82) is 0 Å². The first-order valence-corrected chi connectivity index (χ1v) is 6.27. The fourth-order valence-electron chi connectivity index (χ4n) is 1.49. The zero-order chi connectivity index (χ0) is 11.4. The van der Waals surface area contributed by atoms with Gasteiger partial charge in [0.2, 0.25) is 0 Å². The van der Waals surface area contributed by atoms with Crippen LogP contribution < -0.4 is 5.73 Å². The second-order valence-electron chi connectivity index (χ2n) is 3.80. The van der Waals surface area contributed by atoms with Crippen LogP contribution in [0.5, 0.6) is 0 Å². The molecule has 0 bridgehead atoms. The second kappa shape index (κ2) is 5.08. The molecule has 2 aromatic carbocycles. The molecule has 0 aliphatic heterocycles.